The highest BCUT2D eigenvalue weighted by Gasteiger charge is 2.05. The van der Waals surface area contributed by atoms with Crippen molar-refractivity contribution in [2.24, 2.45) is 0 Å². The monoisotopic (exact) mass is 308 g/mol. The van der Waals surface area contributed by atoms with Crippen LogP contribution in [0.25, 0.3) is 0 Å². The summed E-state index contributed by atoms with van der Waals surface area (Å²) in [6, 6.07) is 10.7. The number of hydrogen-bond donors (Lipinski definition) is 0. The predicted octanol–water partition coefficient (Wildman–Crippen LogP) is 4.34. The SMILES string of the molecule is CCN(CCCc1nc(CCl)cs1)Cc1ccccc1. The number of hydrogen-bond acceptors (Lipinski definition) is 3. The van der Waals surface area contributed by atoms with Crippen LogP contribution in [0.4, 0.5) is 0 Å². The van der Waals surface area contributed by atoms with E-state index >= 15 is 0 Å². The third kappa shape index (κ3) is 4.89. The molecule has 1 aromatic heterocycles. The lowest BCUT2D eigenvalue weighted by Gasteiger charge is -2.20. The molecule has 0 aliphatic rings. The van der Waals surface area contributed by atoms with Gasteiger partial charge in [-0.15, -0.1) is 22.9 Å². The summed E-state index contributed by atoms with van der Waals surface area (Å²) in [5, 5.41) is 3.26. The van der Waals surface area contributed by atoms with Gasteiger partial charge in [0.25, 0.3) is 0 Å². The van der Waals surface area contributed by atoms with E-state index in [1.165, 1.54) is 10.6 Å². The van der Waals surface area contributed by atoms with Gasteiger partial charge in [-0.2, -0.15) is 0 Å². The van der Waals surface area contributed by atoms with Gasteiger partial charge in [-0.25, -0.2) is 4.98 Å². The topological polar surface area (TPSA) is 16.1 Å². The van der Waals surface area contributed by atoms with Crippen molar-refractivity contribution in [1.82, 2.24) is 9.88 Å². The fourth-order valence-electron chi connectivity index (χ4n) is 2.17. The maximum Gasteiger partial charge on any atom is 0.0929 e. The molecule has 0 amide bonds. The Balaban J connectivity index is 1.76. The molecule has 0 radical (unpaired) electrons. The fraction of sp³-hybridized carbons (Fsp3) is 0.438. The molecular weight excluding hydrogens is 288 g/mol. The summed E-state index contributed by atoms with van der Waals surface area (Å²) in [6.45, 7) is 5.45. The van der Waals surface area contributed by atoms with Crippen molar-refractivity contribution >= 4 is 22.9 Å². The van der Waals surface area contributed by atoms with Crippen molar-refractivity contribution in [3.63, 3.8) is 0 Å². The first-order valence-corrected chi connectivity index (χ1v) is 8.48. The Morgan fingerprint density at radius 3 is 2.70 bits per heavy atom. The molecule has 0 saturated heterocycles. The number of nitrogens with zero attached hydrogens (tertiary/aromatic N) is 2. The zero-order valence-electron chi connectivity index (χ0n) is 11.9. The molecule has 2 rings (SSSR count). The lowest BCUT2D eigenvalue weighted by Crippen LogP contribution is -2.24. The summed E-state index contributed by atoms with van der Waals surface area (Å²) >= 11 is 7.50. The zero-order chi connectivity index (χ0) is 14.2. The molecule has 0 aliphatic heterocycles. The summed E-state index contributed by atoms with van der Waals surface area (Å²) in [5.41, 5.74) is 2.39. The Hall–Kier alpha value is -0.900. The normalized spacial score (nSPS) is 11.2. The van der Waals surface area contributed by atoms with Crippen LogP contribution >= 0.6 is 22.9 Å². The maximum absolute atomic E-state index is 5.77. The Labute approximate surface area is 130 Å². The number of benzene rings is 1. The lowest BCUT2D eigenvalue weighted by atomic mass is 10.2. The van der Waals surface area contributed by atoms with Crippen molar-refractivity contribution in [3.05, 3.63) is 52.0 Å². The van der Waals surface area contributed by atoms with Crippen LogP contribution in [0.15, 0.2) is 35.7 Å². The van der Waals surface area contributed by atoms with Crippen molar-refractivity contribution in [3.8, 4) is 0 Å². The van der Waals surface area contributed by atoms with Crippen LogP contribution in [0.3, 0.4) is 0 Å². The highest BCUT2D eigenvalue weighted by molar-refractivity contribution is 7.09. The van der Waals surface area contributed by atoms with Crippen LogP contribution in [0.1, 0.15) is 29.6 Å². The molecular formula is C16H21ClN2S. The zero-order valence-corrected chi connectivity index (χ0v) is 13.5. The molecule has 1 heterocycles. The molecule has 108 valence electrons. The van der Waals surface area contributed by atoms with Crippen LogP contribution in [-0.4, -0.2) is 23.0 Å². The van der Waals surface area contributed by atoms with E-state index in [1.807, 2.05) is 0 Å². The third-order valence-corrected chi connectivity index (χ3v) is 4.53. The van der Waals surface area contributed by atoms with Gasteiger partial charge in [0.2, 0.25) is 0 Å². The first kappa shape index (κ1) is 15.5. The second kappa shape index (κ2) is 8.40. The summed E-state index contributed by atoms with van der Waals surface area (Å²) in [5.74, 6) is 0.519. The van der Waals surface area contributed by atoms with Gasteiger partial charge < -0.3 is 0 Å². The molecule has 0 unspecified atom stereocenters. The largest absolute Gasteiger partial charge is 0.299 e. The fourth-order valence-corrected chi connectivity index (χ4v) is 3.24. The van der Waals surface area contributed by atoms with Crippen molar-refractivity contribution in [1.29, 1.82) is 0 Å². The Morgan fingerprint density at radius 1 is 1.25 bits per heavy atom. The van der Waals surface area contributed by atoms with Crippen LogP contribution in [0, 0.1) is 0 Å². The van der Waals surface area contributed by atoms with Gasteiger partial charge in [-0.3, -0.25) is 4.90 Å². The van der Waals surface area contributed by atoms with E-state index in [-0.39, 0.29) is 0 Å². The van der Waals surface area contributed by atoms with E-state index in [1.54, 1.807) is 11.3 Å². The smallest absolute Gasteiger partial charge is 0.0929 e. The van der Waals surface area contributed by atoms with Crippen LogP contribution in [0.5, 0.6) is 0 Å². The maximum atomic E-state index is 5.77. The van der Waals surface area contributed by atoms with Gasteiger partial charge in [-0.1, -0.05) is 37.3 Å². The van der Waals surface area contributed by atoms with E-state index in [4.69, 9.17) is 11.6 Å². The number of halogens is 1. The quantitative estimate of drug-likeness (QED) is 0.675. The minimum absolute atomic E-state index is 0.519. The number of thiazole rings is 1. The van der Waals surface area contributed by atoms with Crippen LogP contribution in [-0.2, 0) is 18.8 Å². The number of alkyl halides is 1. The molecule has 20 heavy (non-hydrogen) atoms. The highest BCUT2D eigenvalue weighted by atomic mass is 35.5. The molecule has 0 fully saturated rings. The Kier molecular flexibility index (Phi) is 6.51. The average molecular weight is 309 g/mol. The minimum Gasteiger partial charge on any atom is -0.299 e. The summed E-state index contributed by atoms with van der Waals surface area (Å²) in [4.78, 5) is 6.98. The summed E-state index contributed by atoms with van der Waals surface area (Å²) in [7, 11) is 0. The van der Waals surface area contributed by atoms with Gasteiger partial charge in [-0.05, 0) is 25.1 Å². The molecule has 0 atom stereocenters. The van der Waals surface area contributed by atoms with Crippen molar-refractivity contribution in [2.45, 2.75) is 32.2 Å². The van der Waals surface area contributed by atoms with Crippen molar-refractivity contribution in [2.75, 3.05) is 13.1 Å². The molecule has 1 aromatic carbocycles. The number of rotatable bonds is 8. The van der Waals surface area contributed by atoms with Crippen LogP contribution in [0.2, 0.25) is 0 Å². The predicted molar refractivity (Wildman–Crippen MR) is 87.4 cm³/mol. The Bertz CT molecular complexity index is 498. The van der Waals surface area contributed by atoms with E-state index in [9.17, 15) is 0 Å². The van der Waals surface area contributed by atoms with Gasteiger partial charge in [0.1, 0.15) is 0 Å². The van der Waals surface area contributed by atoms with Gasteiger partial charge in [0.15, 0.2) is 0 Å². The minimum atomic E-state index is 0.519. The van der Waals surface area contributed by atoms with E-state index in [0.717, 1.165) is 38.2 Å². The Morgan fingerprint density at radius 2 is 2.05 bits per heavy atom. The van der Waals surface area contributed by atoms with Gasteiger partial charge in [0, 0.05) is 18.3 Å². The molecule has 4 heteroatoms. The second-order valence-corrected chi connectivity index (χ2v) is 6.03. The molecule has 0 bridgehead atoms. The van der Waals surface area contributed by atoms with Crippen LogP contribution < -0.4 is 0 Å². The number of aryl methyl sites for hydroxylation is 1. The summed E-state index contributed by atoms with van der Waals surface area (Å²) < 4.78 is 0. The molecule has 0 spiro atoms. The third-order valence-electron chi connectivity index (χ3n) is 3.30. The molecule has 0 saturated carbocycles. The van der Waals surface area contributed by atoms with E-state index < -0.39 is 0 Å². The average Bonchev–Trinajstić information content (AvgIpc) is 2.95. The second-order valence-electron chi connectivity index (χ2n) is 4.82. The molecule has 0 aliphatic carbocycles. The van der Waals surface area contributed by atoms with Gasteiger partial charge >= 0.3 is 0 Å². The molecule has 0 N–H and O–H groups in total. The lowest BCUT2D eigenvalue weighted by molar-refractivity contribution is 0.276. The van der Waals surface area contributed by atoms with E-state index in [0.29, 0.717) is 5.88 Å². The first-order valence-electron chi connectivity index (χ1n) is 7.07. The first-order chi connectivity index (χ1) is 9.81. The van der Waals surface area contributed by atoms with E-state index in [2.05, 4.69) is 52.5 Å². The summed E-state index contributed by atoms with van der Waals surface area (Å²) in [6.07, 6.45) is 2.20. The molecule has 2 aromatic rings. The molecule has 2 nitrogen and oxygen atoms in total. The highest BCUT2D eigenvalue weighted by Crippen LogP contribution is 2.14. The van der Waals surface area contributed by atoms with Crippen molar-refractivity contribution < 1.29 is 0 Å². The number of aromatic nitrogens is 1. The standard InChI is InChI=1S/C16H21ClN2S/c1-2-19(12-14-7-4-3-5-8-14)10-6-9-16-18-15(11-17)13-20-16/h3-5,7-8,13H,2,6,9-12H2,1H3. The van der Waals surface area contributed by atoms with Gasteiger partial charge in [0.05, 0.1) is 16.6 Å².